The molecule has 6 heteroatoms. The molecule has 0 radical (unpaired) electrons. The summed E-state index contributed by atoms with van der Waals surface area (Å²) < 4.78 is 19.5. The Morgan fingerprint density at radius 3 is 2.17 bits per heavy atom. The monoisotopic (exact) mass is 382 g/mol. The summed E-state index contributed by atoms with van der Waals surface area (Å²) in [5, 5.41) is 0. The highest BCUT2D eigenvalue weighted by Crippen LogP contribution is 2.58. The highest BCUT2D eigenvalue weighted by atomic mass is 79.9. The van der Waals surface area contributed by atoms with Crippen molar-refractivity contribution < 1.29 is 14.2 Å². The number of ether oxygens (including phenoxy) is 3. The summed E-state index contributed by atoms with van der Waals surface area (Å²) >= 11 is 3.43. The molecule has 0 aromatic carbocycles. The van der Waals surface area contributed by atoms with Crippen molar-refractivity contribution in [3.8, 4) is 0 Å². The van der Waals surface area contributed by atoms with Crippen LogP contribution in [-0.2, 0) is 14.2 Å². The first-order chi connectivity index (χ1) is 10.6. The summed E-state index contributed by atoms with van der Waals surface area (Å²) in [5.74, 6) is -0.242. The van der Waals surface area contributed by atoms with Crippen LogP contribution in [0.2, 0.25) is 0 Å². The number of rotatable bonds is 1. The highest BCUT2D eigenvalue weighted by molar-refractivity contribution is 9.10. The van der Waals surface area contributed by atoms with Crippen molar-refractivity contribution in [2.45, 2.75) is 75.7 Å². The Hall–Kier alpha value is -0.690. The molecular weight excluding hydrogens is 360 g/mol. The molecule has 4 rings (SSSR count). The number of fused-ring (bicyclic) bond motifs is 5. The van der Waals surface area contributed by atoms with E-state index in [1.807, 2.05) is 26.0 Å². The van der Waals surface area contributed by atoms with Crippen LogP contribution in [0, 0.1) is 0 Å². The van der Waals surface area contributed by atoms with E-state index in [0.29, 0.717) is 16.2 Å². The van der Waals surface area contributed by atoms with E-state index in [-0.39, 0.29) is 23.4 Å². The van der Waals surface area contributed by atoms with E-state index in [4.69, 9.17) is 19.9 Å². The van der Waals surface area contributed by atoms with Gasteiger partial charge in [0.2, 0.25) is 0 Å². The lowest BCUT2D eigenvalue weighted by atomic mass is 9.82. The number of aromatic nitrogens is 1. The fraction of sp³-hybridized carbons (Fsp3) is 0.706. The van der Waals surface area contributed by atoms with Crippen molar-refractivity contribution in [1.82, 2.24) is 4.98 Å². The molecule has 2 bridgehead atoms. The molecule has 4 heterocycles. The van der Waals surface area contributed by atoms with Crippen molar-refractivity contribution >= 4 is 21.6 Å². The van der Waals surface area contributed by atoms with Gasteiger partial charge in [-0.15, -0.1) is 0 Å². The van der Waals surface area contributed by atoms with Crippen molar-refractivity contribution in [3.05, 3.63) is 22.4 Å². The molecule has 1 aromatic heterocycles. The van der Waals surface area contributed by atoms with Crippen LogP contribution in [0.25, 0.3) is 0 Å². The van der Waals surface area contributed by atoms with Crippen molar-refractivity contribution in [2.75, 3.05) is 5.73 Å². The minimum absolute atomic E-state index is 0.0373. The summed E-state index contributed by atoms with van der Waals surface area (Å²) in [7, 11) is 0. The zero-order valence-corrected chi connectivity index (χ0v) is 15.5. The third kappa shape index (κ3) is 2.34. The number of pyridine rings is 1. The normalized spacial score (nSPS) is 44.3. The Balaban J connectivity index is 1.68. The zero-order chi connectivity index (χ0) is 16.6. The second-order valence-corrected chi connectivity index (χ2v) is 8.68. The predicted molar refractivity (Wildman–Crippen MR) is 90.0 cm³/mol. The molecule has 0 amide bonds. The molecule has 3 fully saturated rings. The molecule has 23 heavy (non-hydrogen) atoms. The van der Waals surface area contributed by atoms with Crippen LogP contribution in [0.3, 0.4) is 0 Å². The second-order valence-electron chi connectivity index (χ2n) is 7.93. The maximum atomic E-state index is 6.42. The average Bonchev–Trinajstić information content (AvgIpc) is 2.84. The molecule has 126 valence electrons. The number of nitrogens with zero attached hydrogens (tertiary/aromatic N) is 1. The third-order valence-corrected chi connectivity index (χ3v) is 6.02. The van der Waals surface area contributed by atoms with Crippen molar-refractivity contribution in [2.24, 2.45) is 0 Å². The summed E-state index contributed by atoms with van der Waals surface area (Å²) in [6.45, 7) is 8.23. The molecule has 0 saturated carbocycles. The van der Waals surface area contributed by atoms with Gasteiger partial charge >= 0.3 is 0 Å². The first kappa shape index (κ1) is 15.8. The maximum absolute atomic E-state index is 6.42. The number of anilines is 1. The number of hydrogen-bond acceptors (Lipinski definition) is 5. The van der Waals surface area contributed by atoms with E-state index in [1.165, 1.54) is 0 Å². The molecule has 3 saturated heterocycles. The van der Waals surface area contributed by atoms with Gasteiger partial charge in [0.1, 0.15) is 16.8 Å². The van der Waals surface area contributed by atoms with E-state index < -0.39 is 5.79 Å². The van der Waals surface area contributed by atoms with E-state index in [2.05, 4.69) is 34.8 Å². The molecule has 5 nitrogen and oxygen atoms in total. The lowest BCUT2D eigenvalue weighted by molar-refractivity contribution is -0.242. The Labute approximate surface area is 145 Å². The van der Waals surface area contributed by atoms with Gasteiger partial charge in [-0.1, -0.05) is 0 Å². The quantitative estimate of drug-likeness (QED) is 0.754. The van der Waals surface area contributed by atoms with Gasteiger partial charge in [0, 0.05) is 11.6 Å². The Morgan fingerprint density at radius 1 is 1.09 bits per heavy atom. The second kappa shape index (κ2) is 4.69. The van der Waals surface area contributed by atoms with Crippen LogP contribution in [0.4, 0.5) is 5.69 Å². The van der Waals surface area contributed by atoms with E-state index in [1.54, 1.807) is 0 Å². The molecular formula is C17H23BrN2O3. The van der Waals surface area contributed by atoms with Gasteiger partial charge in [-0.3, -0.25) is 0 Å². The molecule has 0 spiro atoms. The summed E-state index contributed by atoms with van der Waals surface area (Å²) in [6.07, 6.45) is 1.66. The highest BCUT2D eigenvalue weighted by Gasteiger charge is 2.68. The van der Waals surface area contributed by atoms with Gasteiger partial charge in [-0.2, -0.15) is 0 Å². The smallest absolute Gasteiger partial charge is 0.164 e. The zero-order valence-electron chi connectivity index (χ0n) is 13.9. The third-order valence-electron chi connectivity index (χ3n) is 5.39. The fourth-order valence-corrected chi connectivity index (χ4v) is 4.90. The Kier molecular flexibility index (Phi) is 3.22. The largest absolute Gasteiger partial charge is 0.397 e. The lowest BCUT2D eigenvalue weighted by Crippen LogP contribution is -2.46. The molecule has 0 aliphatic carbocycles. The first-order valence-corrected chi connectivity index (χ1v) is 8.89. The summed E-state index contributed by atoms with van der Waals surface area (Å²) in [5.41, 5.74) is 6.86. The number of halogens is 1. The Bertz CT molecular complexity index is 639. The van der Waals surface area contributed by atoms with Gasteiger partial charge < -0.3 is 19.9 Å². The number of nitrogen functional groups attached to an aromatic ring is 1. The van der Waals surface area contributed by atoms with Crippen LogP contribution in [0.5, 0.6) is 0 Å². The predicted octanol–water partition coefficient (Wildman–Crippen LogP) is 3.37. The number of hydrogen-bond donors (Lipinski definition) is 1. The SMILES string of the molecule is CC1(C)O[C@@H]2[C@H](O1)[C@@]1(C)C[C@H](c3ccc(N)c(Br)n3)C[C@]2(C)O1. The molecule has 0 unspecified atom stereocenters. The number of nitrogens with two attached hydrogens (primary N) is 1. The molecule has 3 aliphatic rings. The van der Waals surface area contributed by atoms with Gasteiger partial charge in [0.25, 0.3) is 0 Å². The van der Waals surface area contributed by atoms with Crippen LogP contribution in [0.15, 0.2) is 16.7 Å². The lowest BCUT2D eigenvalue weighted by Gasteiger charge is -2.43. The minimum Gasteiger partial charge on any atom is -0.397 e. The van der Waals surface area contributed by atoms with Crippen molar-refractivity contribution in [1.29, 1.82) is 0 Å². The average molecular weight is 383 g/mol. The van der Waals surface area contributed by atoms with Crippen LogP contribution in [0.1, 0.15) is 52.1 Å². The van der Waals surface area contributed by atoms with Gasteiger partial charge in [-0.05, 0) is 68.6 Å². The maximum Gasteiger partial charge on any atom is 0.164 e. The summed E-state index contributed by atoms with van der Waals surface area (Å²) in [4.78, 5) is 4.63. The molecule has 5 atom stereocenters. The van der Waals surface area contributed by atoms with E-state index in [0.717, 1.165) is 18.5 Å². The van der Waals surface area contributed by atoms with Gasteiger partial charge in [0.05, 0.1) is 16.9 Å². The minimum atomic E-state index is -0.545. The van der Waals surface area contributed by atoms with Gasteiger partial charge in [-0.25, -0.2) is 4.98 Å². The van der Waals surface area contributed by atoms with Crippen molar-refractivity contribution in [3.63, 3.8) is 0 Å². The fourth-order valence-electron chi connectivity index (χ4n) is 4.56. The topological polar surface area (TPSA) is 66.6 Å². The van der Waals surface area contributed by atoms with Gasteiger partial charge in [0.15, 0.2) is 5.79 Å². The first-order valence-electron chi connectivity index (χ1n) is 8.10. The van der Waals surface area contributed by atoms with Crippen LogP contribution < -0.4 is 5.73 Å². The molecule has 2 N–H and O–H groups in total. The van der Waals surface area contributed by atoms with Crippen LogP contribution in [-0.4, -0.2) is 34.2 Å². The molecule has 3 aliphatic heterocycles. The van der Waals surface area contributed by atoms with E-state index >= 15 is 0 Å². The van der Waals surface area contributed by atoms with E-state index in [9.17, 15) is 0 Å². The Morgan fingerprint density at radius 2 is 1.65 bits per heavy atom. The summed E-state index contributed by atoms with van der Waals surface area (Å²) in [6, 6.07) is 3.93. The standard InChI is InChI=1S/C17H23BrN2O3/c1-15(2)21-12-13(22-15)17(4)8-9(7-16(12,3)23-17)11-6-5-10(19)14(18)20-11/h5-6,9,12-13H,7-8,19H2,1-4H3/t9-,12-,13+,16+,17-. The van der Waals surface area contributed by atoms with Crippen LogP contribution >= 0.6 is 15.9 Å². The molecule has 1 aromatic rings.